The molecule has 0 aliphatic heterocycles. The van der Waals surface area contributed by atoms with Crippen molar-refractivity contribution in [1.29, 1.82) is 0 Å². The van der Waals surface area contributed by atoms with Crippen LogP contribution in [0.4, 0.5) is 8.78 Å². The van der Waals surface area contributed by atoms with Crippen LogP contribution in [0.15, 0.2) is 30.3 Å². The van der Waals surface area contributed by atoms with E-state index in [9.17, 15) is 8.78 Å². The van der Waals surface area contributed by atoms with Crippen LogP contribution in [0.5, 0.6) is 5.75 Å². The normalized spacial score (nSPS) is 12.3. The molecule has 4 heteroatoms. The van der Waals surface area contributed by atoms with E-state index in [0.717, 1.165) is 28.8 Å². The minimum absolute atomic E-state index is 0.136. The average molecular weight is 277 g/mol. The number of rotatable bonds is 3. The number of halogens is 2. The van der Waals surface area contributed by atoms with Gasteiger partial charge < -0.3 is 10.5 Å². The summed E-state index contributed by atoms with van der Waals surface area (Å²) in [5.74, 6) is -1.26. The smallest absolute Gasteiger partial charge is 0.134 e. The van der Waals surface area contributed by atoms with E-state index in [1.165, 1.54) is 7.11 Å². The molecule has 2 aromatic rings. The van der Waals surface area contributed by atoms with E-state index in [-0.39, 0.29) is 11.3 Å². The Morgan fingerprint density at radius 1 is 1.00 bits per heavy atom. The van der Waals surface area contributed by atoms with Crippen molar-refractivity contribution >= 4 is 0 Å². The van der Waals surface area contributed by atoms with Gasteiger partial charge in [0.15, 0.2) is 0 Å². The molecule has 20 heavy (non-hydrogen) atoms. The first kappa shape index (κ1) is 14.5. The van der Waals surface area contributed by atoms with Gasteiger partial charge in [-0.05, 0) is 30.5 Å². The summed E-state index contributed by atoms with van der Waals surface area (Å²) in [6, 6.07) is 7.09. The standard InChI is InChI=1S/C16H17F2NO/c1-9-5-4-6-10(2)14(9)16(19)15-12(17)7-11(20-3)8-13(15)18/h4-8,16H,19H2,1-3H3. The zero-order chi connectivity index (χ0) is 14.9. The molecule has 1 unspecified atom stereocenters. The van der Waals surface area contributed by atoms with Gasteiger partial charge in [-0.25, -0.2) is 8.78 Å². The van der Waals surface area contributed by atoms with Gasteiger partial charge in [0.05, 0.1) is 13.2 Å². The summed E-state index contributed by atoms with van der Waals surface area (Å²) >= 11 is 0. The Kier molecular flexibility index (Phi) is 4.04. The molecule has 106 valence electrons. The highest BCUT2D eigenvalue weighted by atomic mass is 19.1. The average Bonchev–Trinajstić information content (AvgIpc) is 2.37. The number of nitrogens with two attached hydrogens (primary N) is 1. The van der Waals surface area contributed by atoms with E-state index >= 15 is 0 Å². The highest BCUT2D eigenvalue weighted by molar-refractivity contribution is 5.43. The van der Waals surface area contributed by atoms with Gasteiger partial charge in [-0.15, -0.1) is 0 Å². The molecule has 0 heterocycles. The number of aryl methyl sites for hydroxylation is 2. The van der Waals surface area contributed by atoms with E-state index in [0.29, 0.717) is 0 Å². The second kappa shape index (κ2) is 5.59. The van der Waals surface area contributed by atoms with E-state index in [4.69, 9.17) is 10.5 Å². The molecule has 0 aliphatic carbocycles. The second-order valence-corrected chi connectivity index (χ2v) is 4.79. The Bertz CT molecular complexity index is 597. The monoisotopic (exact) mass is 277 g/mol. The number of methoxy groups -OCH3 is 1. The fraction of sp³-hybridized carbons (Fsp3) is 0.250. The Morgan fingerprint density at radius 3 is 1.95 bits per heavy atom. The number of ether oxygens (including phenoxy) is 1. The van der Waals surface area contributed by atoms with Gasteiger partial charge in [-0.1, -0.05) is 18.2 Å². The van der Waals surface area contributed by atoms with E-state index in [2.05, 4.69) is 0 Å². The van der Waals surface area contributed by atoms with Crippen LogP contribution in [0.25, 0.3) is 0 Å². The topological polar surface area (TPSA) is 35.2 Å². The molecular formula is C16H17F2NO. The summed E-state index contributed by atoms with van der Waals surface area (Å²) in [5, 5.41) is 0. The largest absolute Gasteiger partial charge is 0.497 e. The zero-order valence-electron chi connectivity index (χ0n) is 11.7. The Labute approximate surface area is 117 Å². The van der Waals surface area contributed by atoms with Crippen molar-refractivity contribution in [1.82, 2.24) is 0 Å². The predicted octanol–water partition coefficient (Wildman–Crippen LogP) is 3.64. The van der Waals surface area contributed by atoms with Crippen molar-refractivity contribution in [3.63, 3.8) is 0 Å². The van der Waals surface area contributed by atoms with Crippen molar-refractivity contribution in [2.75, 3.05) is 7.11 Å². The highest BCUT2D eigenvalue weighted by Gasteiger charge is 2.22. The Morgan fingerprint density at radius 2 is 1.50 bits per heavy atom. The predicted molar refractivity (Wildman–Crippen MR) is 74.9 cm³/mol. The summed E-state index contributed by atoms with van der Waals surface area (Å²) in [6.45, 7) is 3.75. The minimum Gasteiger partial charge on any atom is -0.497 e. The van der Waals surface area contributed by atoms with Crippen molar-refractivity contribution in [2.45, 2.75) is 19.9 Å². The van der Waals surface area contributed by atoms with Crippen molar-refractivity contribution in [3.8, 4) is 5.75 Å². The molecule has 0 amide bonds. The second-order valence-electron chi connectivity index (χ2n) is 4.79. The van der Waals surface area contributed by atoms with Gasteiger partial charge in [0.1, 0.15) is 17.4 Å². The van der Waals surface area contributed by atoms with E-state index in [1.807, 2.05) is 32.0 Å². The minimum atomic E-state index is -0.845. The van der Waals surface area contributed by atoms with Gasteiger partial charge >= 0.3 is 0 Å². The lowest BCUT2D eigenvalue weighted by molar-refractivity contribution is 0.404. The summed E-state index contributed by atoms with van der Waals surface area (Å²) in [6.07, 6.45) is 0. The van der Waals surface area contributed by atoms with Crippen molar-refractivity contribution in [3.05, 3.63) is 64.2 Å². The van der Waals surface area contributed by atoms with E-state index in [1.54, 1.807) is 0 Å². The van der Waals surface area contributed by atoms with Crippen LogP contribution in [-0.4, -0.2) is 7.11 Å². The lowest BCUT2D eigenvalue weighted by atomic mass is 9.91. The Hall–Kier alpha value is -1.94. The van der Waals surface area contributed by atoms with Crippen LogP contribution >= 0.6 is 0 Å². The molecule has 2 aromatic carbocycles. The molecular weight excluding hydrogens is 260 g/mol. The van der Waals surface area contributed by atoms with Crippen molar-refractivity contribution in [2.24, 2.45) is 5.73 Å². The highest BCUT2D eigenvalue weighted by Crippen LogP contribution is 2.31. The number of hydrogen-bond donors (Lipinski definition) is 1. The van der Waals surface area contributed by atoms with Gasteiger partial charge in [0.25, 0.3) is 0 Å². The van der Waals surface area contributed by atoms with Gasteiger partial charge in [0.2, 0.25) is 0 Å². The summed E-state index contributed by atoms with van der Waals surface area (Å²) in [7, 11) is 1.36. The van der Waals surface area contributed by atoms with Crippen LogP contribution in [-0.2, 0) is 0 Å². The zero-order valence-corrected chi connectivity index (χ0v) is 11.7. The first-order chi connectivity index (χ1) is 9.45. The molecule has 1 atom stereocenters. The Balaban J connectivity index is 2.57. The lowest BCUT2D eigenvalue weighted by Crippen LogP contribution is -2.18. The van der Waals surface area contributed by atoms with Crippen LogP contribution in [0.2, 0.25) is 0 Å². The van der Waals surface area contributed by atoms with Gasteiger partial charge in [-0.3, -0.25) is 0 Å². The summed E-state index contributed by atoms with van der Waals surface area (Å²) in [5.41, 5.74) is 8.52. The molecule has 0 saturated carbocycles. The third-order valence-electron chi connectivity index (χ3n) is 3.45. The van der Waals surface area contributed by atoms with Gasteiger partial charge in [0, 0.05) is 17.7 Å². The molecule has 2 nitrogen and oxygen atoms in total. The maximum Gasteiger partial charge on any atom is 0.134 e. The van der Waals surface area contributed by atoms with Crippen LogP contribution in [0.1, 0.15) is 28.3 Å². The molecule has 2 N–H and O–H groups in total. The first-order valence-electron chi connectivity index (χ1n) is 6.30. The molecule has 0 aliphatic rings. The SMILES string of the molecule is COc1cc(F)c(C(N)c2c(C)cccc2C)c(F)c1. The van der Waals surface area contributed by atoms with Crippen LogP contribution < -0.4 is 10.5 Å². The maximum atomic E-state index is 14.1. The number of hydrogen-bond acceptors (Lipinski definition) is 2. The third-order valence-corrected chi connectivity index (χ3v) is 3.45. The first-order valence-corrected chi connectivity index (χ1v) is 6.30. The van der Waals surface area contributed by atoms with Crippen molar-refractivity contribution < 1.29 is 13.5 Å². The number of benzene rings is 2. The maximum absolute atomic E-state index is 14.1. The quantitative estimate of drug-likeness (QED) is 0.929. The summed E-state index contributed by atoms with van der Waals surface area (Å²) < 4.78 is 33.0. The fourth-order valence-corrected chi connectivity index (χ4v) is 2.44. The van der Waals surface area contributed by atoms with Crippen LogP contribution in [0, 0.1) is 25.5 Å². The lowest BCUT2D eigenvalue weighted by Gasteiger charge is -2.19. The molecule has 0 aromatic heterocycles. The molecule has 0 bridgehead atoms. The third kappa shape index (κ3) is 2.51. The summed E-state index contributed by atoms with van der Waals surface area (Å²) in [4.78, 5) is 0. The molecule has 2 rings (SSSR count). The molecule has 0 spiro atoms. The van der Waals surface area contributed by atoms with Gasteiger partial charge in [-0.2, -0.15) is 0 Å². The molecule has 0 saturated heterocycles. The molecule has 0 fully saturated rings. The molecule has 0 radical (unpaired) electrons. The van der Waals surface area contributed by atoms with E-state index < -0.39 is 17.7 Å². The van der Waals surface area contributed by atoms with Crippen LogP contribution in [0.3, 0.4) is 0 Å². The fourth-order valence-electron chi connectivity index (χ4n) is 2.44.